The number of rotatable bonds is 6. The van der Waals surface area contributed by atoms with E-state index < -0.39 is 0 Å². The van der Waals surface area contributed by atoms with Crippen LogP contribution in [0.4, 0.5) is 0 Å². The summed E-state index contributed by atoms with van der Waals surface area (Å²) in [7, 11) is 0. The average Bonchev–Trinajstić information content (AvgIpc) is 2.97. The van der Waals surface area contributed by atoms with Crippen molar-refractivity contribution in [3.63, 3.8) is 0 Å². The van der Waals surface area contributed by atoms with Crippen LogP contribution in [0.1, 0.15) is 59.4 Å². The third-order valence-electron chi connectivity index (χ3n) is 5.44. The van der Waals surface area contributed by atoms with Crippen molar-refractivity contribution in [2.75, 3.05) is 6.54 Å². The van der Waals surface area contributed by atoms with Gasteiger partial charge in [0.15, 0.2) is 0 Å². The Balaban J connectivity index is 0.00000261. The van der Waals surface area contributed by atoms with E-state index in [1.807, 2.05) is 35.9 Å². The van der Waals surface area contributed by atoms with Crippen LogP contribution in [0, 0.1) is 19.8 Å². The largest absolute Gasteiger partial charge is 0.348 e. The van der Waals surface area contributed by atoms with Crippen molar-refractivity contribution in [3.05, 3.63) is 52.8 Å². The predicted octanol–water partition coefficient (Wildman–Crippen LogP) is 3.61. The molecule has 1 saturated carbocycles. The summed E-state index contributed by atoms with van der Waals surface area (Å²) in [5.41, 5.74) is 9.92. The summed E-state index contributed by atoms with van der Waals surface area (Å²) in [6.45, 7) is 5.28. The molecule has 1 heterocycles. The molecule has 148 valence electrons. The highest BCUT2D eigenvalue weighted by atomic mass is 35.5. The Bertz CT molecular complexity index is 735. The third kappa shape index (κ3) is 5.56. The second kappa shape index (κ2) is 9.90. The van der Waals surface area contributed by atoms with Crippen molar-refractivity contribution in [1.82, 2.24) is 15.1 Å². The normalized spacial score (nSPS) is 15.8. The van der Waals surface area contributed by atoms with E-state index >= 15 is 0 Å². The van der Waals surface area contributed by atoms with Crippen molar-refractivity contribution >= 4 is 18.3 Å². The lowest BCUT2D eigenvalue weighted by Crippen LogP contribution is -2.45. The van der Waals surface area contributed by atoms with Gasteiger partial charge in [-0.25, -0.2) is 0 Å². The standard InChI is InChI=1S/C21H30N4O.ClH/c1-15-12-16(2)25(24-15)14-17-8-10-19(11-9-17)21(26)23-20(13-22)18-6-4-3-5-7-18;/h8-12,18,20H,3-7,13-14,22H2,1-2H3,(H,23,26);1H. The van der Waals surface area contributed by atoms with E-state index in [1.54, 1.807) is 0 Å². The van der Waals surface area contributed by atoms with Gasteiger partial charge in [-0.3, -0.25) is 9.48 Å². The molecule has 0 saturated heterocycles. The van der Waals surface area contributed by atoms with Crippen LogP contribution in [-0.2, 0) is 6.54 Å². The smallest absolute Gasteiger partial charge is 0.251 e. The van der Waals surface area contributed by atoms with Gasteiger partial charge in [0.2, 0.25) is 0 Å². The maximum atomic E-state index is 12.6. The number of nitrogens with two attached hydrogens (primary N) is 1. The molecule has 5 nitrogen and oxygen atoms in total. The maximum Gasteiger partial charge on any atom is 0.251 e. The predicted molar refractivity (Wildman–Crippen MR) is 111 cm³/mol. The van der Waals surface area contributed by atoms with Crippen molar-refractivity contribution < 1.29 is 4.79 Å². The molecule has 1 unspecified atom stereocenters. The summed E-state index contributed by atoms with van der Waals surface area (Å²) in [5.74, 6) is 0.492. The molecule has 0 radical (unpaired) electrons. The number of amides is 1. The summed E-state index contributed by atoms with van der Waals surface area (Å²) in [6, 6.07) is 9.94. The van der Waals surface area contributed by atoms with Crippen molar-refractivity contribution in [2.24, 2.45) is 11.7 Å². The van der Waals surface area contributed by atoms with Gasteiger partial charge in [-0.2, -0.15) is 5.10 Å². The molecule has 6 heteroatoms. The van der Waals surface area contributed by atoms with Crippen LogP contribution in [0.3, 0.4) is 0 Å². The molecule has 1 amide bonds. The number of carbonyl (C=O) groups is 1. The zero-order valence-electron chi connectivity index (χ0n) is 16.3. The Morgan fingerprint density at radius 2 is 1.89 bits per heavy atom. The fourth-order valence-electron chi connectivity index (χ4n) is 3.93. The maximum absolute atomic E-state index is 12.6. The first-order valence-electron chi connectivity index (χ1n) is 9.67. The van der Waals surface area contributed by atoms with E-state index in [9.17, 15) is 4.79 Å². The molecule has 27 heavy (non-hydrogen) atoms. The molecule has 3 N–H and O–H groups in total. The first-order valence-corrected chi connectivity index (χ1v) is 9.67. The molecule has 1 atom stereocenters. The molecule has 1 aliphatic carbocycles. The Morgan fingerprint density at radius 3 is 2.44 bits per heavy atom. The molecule has 0 spiro atoms. The van der Waals surface area contributed by atoms with E-state index in [-0.39, 0.29) is 24.4 Å². The number of aryl methyl sites for hydroxylation is 2. The molecule has 2 aromatic rings. The second-order valence-corrected chi connectivity index (χ2v) is 7.50. The van der Waals surface area contributed by atoms with E-state index in [1.165, 1.54) is 32.1 Å². The minimum atomic E-state index is -0.0244. The first kappa shape index (κ1) is 21.5. The van der Waals surface area contributed by atoms with Gasteiger partial charge in [0.1, 0.15) is 0 Å². The van der Waals surface area contributed by atoms with Crippen LogP contribution < -0.4 is 11.1 Å². The summed E-state index contributed by atoms with van der Waals surface area (Å²) < 4.78 is 1.98. The number of nitrogens with one attached hydrogen (secondary N) is 1. The van der Waals surface area contributed by atoms with Crippen LogP contribution in [0.2, 0.25) is 0 Å². The van der Waals surface area contributed by atoms with Crippen LogP contribution in [-0.4, -0.2) is 28.3 Å². The number of hydrogen-bond donors (Lipinski definition) is 2. The summed E-state index contributed by atoms with van der Waals surface area (Å²) in [5, 5.41) is 7.64. The average molecular weight is 391 g/mol. The molecule has 1 fully saturated rings. The van der Waals surface area contributed by atoms with Crippen molar-refractivity contribution in [1.29, 1.82) is 0 Å². The summed E-state index contributed by atoms with van der Waals surface area (Å²) in [4.78, 5) is 12.6. The monoisotopic (exact) mass is 390 g/mol. The molecular formula is C21H31ClN4O. The van der Waals surface area contributed by atoms with E-state index in [4.69, 9.17) is 5.73 Å². The zero-order chi connectivity index (χ0) is 18.5. The van der Waals surface area contributed by atoms with Gasteiger partial charge in [0.05, 0.1) is 12.2 Å². The third-order valence-corrected chi connectivity index (χ3v) is 5.44. The molecule has 1 aromatic carbocycles. The van der Waals surface area contributed by atoms with Gasteiger partial charge in [-0.15, -0.1) is 12.4 Å². The minimum absolute atomic E-state index is 0. The highest BCUT2D eigenvalue weighted by Crippen LogP contribution is 2.26. The minimum Gasteiger partial charge on any atom is -0.348 e. The van der Waals surface area contributed by atoms with Crippen LogP contribution in [0.5, 0.6) is 0 Å². The SMILES string of the molecule is Cc1cc(C)n(Cc2ccc(C(=O)NC(CN)C3CCCCC3)cc2)n1.Cl. The molecule has 0 bridgehead atoms. The molecule has 1 aromatic heterocycles. The quantitative estimate of drug-likeness (QED) is 0.791. The lowest BCUT2D eigenvalue weighted by molar-refractivity contribution is 0.0915. The lowest BCUT2D eigenvalue weighted by Gasteiger charge is -2.30. The number of halogens is 1. The Kier molecular flexibility index (Phi) is 7.87. The molecule has 3 rings (SSSR count). The number of aromatic nitrogens is 2. The topological polar surface area (TPSA) is 72.9 Å². The first-order chi connectivity index (χ1) is 12.6. The van der Waals surface area contributed by atoms with Crippen LogP contribution >= 0.6 is 12.4 Å². The second-order valence-electron chi connectivity index (χ2n) is 7.50. The lowest BCUT2D eigenvalue weighted by atomic mass is 9.84. The van der Waals surface area contributed by atoms with Gasteiger partial charge >= 0.3 is 0 Å². The number of benzene rings is 1. The zero-order valence-corrected chi connectivity index (χ0v) is 17.1. The Morgan fingerprint density at radius 1 is 1.22 bits per heavy atom. The Hall–Kier alpha value is -1.85. The summed E-state index contributed by atoms with van der Waals surface area (Å²) in [6.07, 6.45) is 6.14. The van der Waals surface area contributed by atoms with Crippen molar-refractivity contribution in [3.8, 4) is 0 Å². The summed E-state index contributed by atoms with van der Waals surface area (Å²) >= 11 is 0. The fraction of sp³-hybridized carbons (Fsp3) is 0.524. The number of carbonyl (C=O) groups excluding carboxylic acids is 1. The van der Waals surface area contributed by atoms with E-state index in [0.29, 0.717) is 18.0 Å². The highest BCUT2D eigenvalue weighted by Gasteiger charge is 2.24. The van der Waals surface area contributed by atoms with Gasteiger partial charge in [-0.1, -0.05) is 31.4 Å². The highest BCUT2D eigenvalue weighted by molar-refractivity contribution is 5.94. The molecule has 0 aliphatic heterocycles. The molecular weight excluding hydrogens is 360 g/mol. The Labute approximate surface area is 168 Å². The van der Waals surface area contributed by atoms with Gasteiger partial charge in [-0.05, 0) is 56.4 Å². The van der Waals surface area contributed by atoms with E-state index in [2.05, 4.69) is 23.4 Å². The van der Waals surface area contributed by atoms with Gasteiger partial charge in [0.25, 0.3) is 5.91 Å². The van der Waals surface area contributed by atoms with Crippen molar-refractivity contribution in [2.45, 2.75) is 58.5 Å². The van der Waals surface area contributed by atoms with Crippen LogP contribution in [0.25, 0.3) is 0 Å². The van der Waals surface area contributed by atoms with E-state index in [0.717, 1.165) is 23.5 Å². The van der Waals surface area contributed by atoms with Crippen LogP contribution in [0.15, 0.2) is 30.3 Å². The molecule has 1 aliphatic rings. The number of nitrogens with zero attached hydrogens (tertiary/aromatic N) is 2. The number of hydrogen-bond acceptors (Lipinski definition) is 3. The van der Waals surface area contributed by atoms with Gasteiger partial charge < -0.3 is 11.1 Å². The fourth-order valence-corrected chi connectivity index (χ4v) is 3.93. The van der Waals surface area contributed by atoms with Gasteiger partial charge in [0, 0.05) is 23.8 Å².